The molecule has 0 bridgehead atoms. The molecule has 0 N–H and O–H groups in total. The Morgan fingerprint density at radius 1 is 0.857 bits per heavy atom. The van der Waals surface area contributed by atoms with Gasteiger partial charge in [0.1, 0.15) is 6.10 Å². The molecule has 0 aliphatic carbocycles. The van der Waals surface area contributed by atoms with Gasteiger partial charge in [0.25, 0.3) is 0 Å². The molecule has 0 radical (unpaired) electrons. The maximum absolute atomic E-state index is 11.8. The Labute approximate surface area is 132 Å². The van der Waals surface area contributed by atoms with Crippen LogP contribution in [0, 0.1) is 0 Å². The molecule has 1 aliphatic rings. The van der Waals surface area contributed by atoms with Crippen LogP contribution < -0.4 is 0 Å². The molecule has 0 aromatic carbocycles. The molecule has 21 heavy (non-hydrogen) atoms. The van der Waals surface area contributed by atoms with Crippen LogP contribution in [0.2, 0.25) is 0 Å². The second-order valence-electron chi connectivity index (χ2n) is 6.68. The zero-order chi connectivity index (χ0) is 15.2. The fourth-order valence-electron chi connectivity index (χ4n) is 3.18. The van der Waals surface area contributed by atoms with Crippen molar-refractivity contribution in [2.24, 2.45) is 0 Å². The lowest BCUT2D eigenvalue weighted by atomic mass is 10.0. The van der Waals surface area contributed by atoms with Crippen LogP contribution in [0.25, 0.3) is 0 Å². The summed E-state index contributed by atoms with van der Waals surface area (Å²) in [5.74, 6) is 0.0462. The van der Waals surface area contributed by atoms with E-state index < -0.39 is 0 Å². The maximum Gasteiger partial charge on any atom is 0.306 e. The van der Waals surface area contributed by atoms with Gasteiger partial charge in [-0.15, -0.1) is 0 Å². The van der Waals surface area contributed by atoms with Gasteiger partial charge in [0.15, 0.2) is 0 Å². The molecule has 0 saturated carbocycles. The SMILES string of the molecule is CCCCCCCCCC1CCCCCCCCC(=O)O1. The smallest absolute Gasteiger partial charge is 0.306 e. The molecule has 0 spiro atoms. The summed E-state index contributed by atoms with van der Waals surface area (Å²) >= 11 is 0. The second-order valence-corrected chi connectivity index (χ2v) is 6.68. The van der Waals surface area contributed by atoms with E-state index >= 15 is 0 Å². The molecule has 2 heteroatoms. The zero-order valence-electron chi connectivity index (χ0n) is 14.2. The number of ether oxygens (including phenoxy) is 1. The molecule has 1 unspecified atom stereocenters. The van der Waals surface area contributed by atoms with Crippen molar-refractivity contribution in [2.75, 3.05) is 0 Å². The Balaban J connectivity index is 2.14. The van der Waals surface area contributed by atoms with Gasteiger partial charge in [0.05, 0.1) is 0 Å². The second kappa shape index (κ2) is 13.2. The van der Waals surface area contributed by atoms with Gasteiger partial charge in [-0.1, -0.05) is 71.1 Å². The minimum absolute atomic E-state index is 0.0462. The highest BCUT2D eigenvalue weighted by atomic mass is 16.5. The summed E-state index contributed by atoms with van der Waals surface area (Å²) in [5, 5.41) is 0. The van der Waals surface area contributed by atoms with Gasteiger partial charge in [0, 0.05) is 6.42 Å². The van der Waals surface area contributed by atoms with E-state index in [1.165, 1.54) is 77.0 Å². The molecule has 124 valence electrons. The van der Waals surface area contributed by atoms with Gasteiger partial charge >= 0.3 is 5.97 Å². The number of cyclic esters (lactones) is 1. The Kier molecular flexibility index (Phi) is 11.6. The quantitative estimate of drug-likeness (QED) is 0.395. The lowest BCUT2D eigenvalue weighted by Gasteiger charge is -2.17. The number of unbranched alkanes of at least 4 members (excludes halogenated alkanes) is 6. The molecular weight excluding hydrogens is 260 g/mol. The highest BCUT2D eigenvalue weighted by molar-refractivity contribution is 5.69. The van der Waals surface area contributed by atoms with Gasteiger partial charge in [-0.3, -0.25) is 4.79 Å². The van der Waals surface area contributed by atoms with Crippen LogP contribution in [0.15, 0.2) is 0 Å². The first kappa shape index (κ1) is 18.5. The van der Waals surface area contributed by atoms with E-state index in [9.17, 15) is 4.79 Å². The first-order chi connectivity index (χ1) is 10.3. The molecule has 0 aromatic rings. The van der Waals surface area contributed by atoms with Gasteiger partial charge in [-0.2, -0.15) is 0 Å². The lowest BCUT2D eigenvalue weighted by molar-refractivity contribution is -0.150. The van der Waals surface area contributed by atoms with Gasteiger partial charge in [-0.05, 0) is 32.1 Å². The van der Waals surface area contributed by atoms with Crippen LogP contribution in [-0.4, -0.2) is 12.1 Å². The fraction of sp³-hybridized carbons (Fsp3) is 0.947. The summed E-state index contributed by atoms with van der Waals surface area (Å²) in [6, 6.07) is 0. The van der Waals surface area contributed by atoms with E-state index in [1.54, 1.807) is 0 Å². The molecular formula is C19H36O2. The molecule has 1 rings (SSSR count). The minimum atomic E-state index is 0.0462. The van der Waals surface area contributed by atoms with Crippen molar-refractivity contribution in [1.29, 1.82) is 0 Å². The Bertz CT molecular complexity index is 250. The van der Waals surface area contributed by atoms with Gasteiger partial charge in [0.2, 0.25) is 0 Å². The third-order valence-electron chi connectivity index (χ3n) is 4.58. The maximum atomic E-state index is 11.8. The number of rotatable bonds is 8. The summed E-state index contributed by atoms with van der Waals surface area (Å²) in [6.45, 7) is 2.26. The monoisotopic (exact) mass is 296 g/mol. The van der Waals surface area contributed by atoms with E-state index in [0.717, 1.165) is 19.3 Å². The zero-order valence-corrected chi connectivity index (χ0v) is 14.2. The molecule has 1 aliphatic heterocycles. The molecule has 0 amide bonds. The lowest BCUT2D eigenvalue weighted by Crippen LogP contribution is -2.18. The predicted octanol–water partition coefficient (Wildman–Crippen LogP) is 6.17. The standard InChI is InChI=1S/C19H36O2/c1-2-3-4-5-6-9-12-15-18-16-13-10-7-8-11-14-17-19(20)21-18/h18H,2-17H2,1H3. The summed E-state index contributed by atoms with van der Waals surface area (Å²) in [6.07, 6.45) is 19.7. The number of hydrogen-bond acceptors (Lipinski definition) is 2. The topological polar surface area (TPSA) is 26.3 Å². The van der Waals surface area contributed by atoms with Crippen molar-refractivity contribution in [3.8, 4) is 0 Å². The van der Waals surface area contributed by atoms with Crippen LogP contribution in [0.3, 0.4) is 0 Å². The van der Waals surface area contributed by atoms with Crippen LogP contribution in [0.4, 0.5) is 0 Å². The van der Waals surface area contributed by atoms with Crippen LogP contribution in [0.5, 0.6) is 0 Å². The molecule has 1 atom stereocenters. The normalized spacial score (nSPS) is 21.6. The number of carbonyl (C=O) groups is 1. The number of hydrogen-bond donors (Lipinski definition) is 0. The highest BCUT2D eigenvalue weighted by Crippen LogP contribution is 2.19. The van der Waals surface area contributed by atoms with Crippen LogP contribution in [-0.2, 0) is 9.53 Å². The van der Waals surface area contributed by atoms with Crippen LogP contribution in [0.1, 0.15) is 110 Å². The molecule has 0 aromatic heterocycles. The predicted molar refractivity (Wildman–Crippen MR) is 89.4 cm³/mol. The van der Waals surface area contributed by atoms with E-state index in [0.29, 0.717) is 6.42 Å². The largest absolute Gasteiger partial charge is 0.462 e. The van der Waals surface area contributed by atoms with Crippen LogP contribution >= 0.6 is 0 Å². The highest BCUT2D eigenvalue weighted by Gasteiger charge is 2.14. The van der Waals surface area contributed by atoms with Gasteiger partial charge in [-0.25, -0.2) is 0 Å². The van der Waals surface area contributed by atoms with Crippen molar-refractivity contribution in [3.05, 3.63) is 0 Å². The molecule has 2 nitrogen and oxygen atoms in total. The third kappa shape index (κ3) is 10.8. The van der Waals surface area contributed by atoms with Crippen molar-refractivity contribution >= 4 is 5.97 Å². The first-order valence-electron chi connectivity index (χ1n) is 9.52. The summed E-state index contributed by atoms with van der Waals surface area (Å²) in [4.78, 5) is 11.8. The number of esters is 1. The summed E-state index contributed by atoms with van der Waals surface area (Å²) in [5.41, 5.74) is 0. The van der Waals surface area contributed by atoms with E-state index in [1.807, 2.05) is 0 Å². The van der Waals surface area contributed by atoms with Crippen molar-refractivity contribution in [3.63, 3.8) is 0 Å². The summed E-state index contributed by atoms with van der Waals surface area (Å²) in [7, 11) is 0. The van der Waals surface area contributed by atoms with Crippen molar-refractivity contribution in [1.82, 2.24) is 0 Å². The summed E-state index contributed by atoms with van der Waals surface area (Å²) < 4.78 is 5.69. The molecule has 1 heterocycles. The van der Waals surface area contributed by atoms with E-state index in [4.69, 9.17) is 4.74 Å². The Morgan fingerprint density at radius 2 is 1.48 bits per heavy atom. The Hall–Kier alpha value is -0.530. The third-order valence-corrected chi connectivity index (χ3v) is 4.58. The average molecular weight is 296 g/mol. The van der Waals surface area contributed by atoms with Crippen molar-refractivity contribution in [2.45, 2.75) is 116 Å². The van der Waals surface area contributed by atoms with Gasteiger partial charge < -0.3 is 4.74 Å². The minimum Gasteiger partial charge on any atom is -0.462 e. The number of carbonyl (C=O) groups excluding carboxylic acids is 1. The molecule has 1 saturated heterocycles. The fourth-order valence-corrected chi connectivity index (χ4v) is 3.18. The van der Waals surface area contributed by atoms with E-state index in [2.05, 4.69) is 6.92 Å². The van der Waals surface area contributed by atoms with Crippen molar-refractivity contribution < 1.29 is 9.53 Å². The Morgan fingerprint density at radius 3 is 2.24 bits per heavy atom. The molecule has 1 fully saturated rings. The first-order valence-corrected chi connectivity index (χ1v) is 9.52. The average Bonchev–Trinajstić information content (AvgIpc) is 2.52. The van der Waals surface area contributed by atoms with E-state index in [-0.39, 0.29) is 12.1 Å².